The van der Waals surface area contributed by atoms with E-state index in [2.05, 4.69) is 0 Å². The minimum Gasteiger partial charge on any atom is -0.491 e. The zero-order valence-corrected chi connectivity index (χ0v) is 8.88. The van der Waals surface area contributed by atoms with Gasteiger partial charge < -0.3 is 19.7 Å². The van der Waals surface area contributed by atoms with Crippen molar-refractivity contribution in [3.8, 4) is 5.75 Å². The number of carbonyl (C=O) groups is 1. The number of benzene rings is 1. The summed E-state index contributed by atoms with van der Waals surface area (Å²) in [5.74, 6) is 0.314. The molecule has 6 heteroatoms. The summed E-state index contributed by atoms with van der Waals surface area (Å²) in [6.07, 6.45) is 0. The second-order valence-corrected chi connectivity index (χ2v) is 3.70. The van der Waals surface area contributed by atoms with Gasteiger partial charge in [-0.3, -0.25) is 4.79 Å². The summed E-state index contributed by atoms with van der Waals surface area (Å²) < 4.78 is 5.40. The number of rotatable bonds is 1. The van der Waals surface area contributed by atoms with Crippen LogP contribution in [0.5, 0.6) is 5.75 Å². The van der Waals surface area contributed by atoms with Crippen LogP contribution in [-0.2, 0) is 0 Å². The largest absolute Gasteiger partial charge is 0.491 e. The Morgan fingerprint density at radius 3 is 2.88 bits per heavy atom. The number of nitrogens with zero attached hydrogens (tertiary/aromatic N) is 1. The third-order valence-corrected chi connectivity index (χ3v) is 2.56. The second-order valence-electron chi connectivity index (χ2n) is 3.70. The Balaban J connectivity index is 2.46. The SMILES string of the molecule is CN1CCOc2ccc(B(O)O)cc2C1=O. The van der Waals surface area contributed by atoms with Crippen LogP contribution in [0.15, 0.2) is 18.2 Å². The molecule has 0 aliphatic carbocycles. The summed E-state index contributed by atoms with van der Waals surface area (Å²) in [7, 11) is 0.106. The molecule has 0 bridgehead atoms. The van der Waals surface area contributed by atoms with E-state index in [4.69, 9.17) is 14.8 Å². The van der Waals surface area contributed by atoms with Gasteiger partial charge in [-0.1, -0.05) is 6.07 Å². The van der Waals surface area contributed by atoms with Crippen LogP contribution in [-0.4, -0.2) is 48.2 Å². The van der Waals surface area contributed by atoms with Crippen LogP contribution in [0, 0.1) is 0 Å². The maximum atomic E-state index is 11.9. The number of hydrogen-bond acceptors (Lipinski definition) is 4. The van der Waals surface area contributed by atoms with Crippen molar-refractivity contribution in [3.05, 3.63) is 23.8 Å². The molecule has 0 spiro atoms. The van der Waals surface area contributed by atoms with Gasteiger partial charge >= 0.3 is 7.12 Å². The summed E-state index contributed by atoms with van der Waals surface area (Å²) in [6, 6.07) is 4.56. The van der Waals surface area contributed by atoms with E-state index in [0.717, 1.165) is 0 Å². The zero-order valence-electron chi connectivity index (χ0n) is 8.88. The fraction of sp³-hybridized carbons (Fsp3) is 0.300. The van der Waals surface area contributed by atoms with E-state index < -0.39 is 7.12 Å². The van der Waals surface area contributed by atoms with Crippen molar-refractivity contribution < 1.29 is 19.6 Å². The molecular weight excluding hydrogens is 209 g/mol. The second kappa shape index (κ2) is 4.15. The van der Waals surface area contributed by atoms with Gasteiger partial charge in [-0.15, -0.1) is 0 Å². The van der Waals surface area contributed by atoms with E-state index in [1.165, 1.54) is 12.1 Å². The molecule has 0 saturated heterocycles. The lowest BCUT2D eigenvalue weighted by molar-refractivity contribution is 0.0797. The maximum Gasteiger partial charge on any atom is 0.488 e. The normalized spacial score (nSPS) is 15.2. The Bertz CT molecular complexity index is 421. The molecule has 16 heavy (non-hydrogen) atoms. The van der Waals surface area contributed by atoms with Gasteiger partial charge in [0.2, 0.25) is 0 Å². The topological polar surface area (TPSA) is 70.0 Å². The lowest BCUT2D eigenvalue weighted by Gasteiger charge is -2.12. The van der Waals surface area contributed by atoms with Gasteiger partial charge in [-0.2, -0.15) is 0 Å². The van der Waals surface area contributed by atoms with Crippen molar-refractivity contribution in [2.24, 2.45) is 0 Å². The number of amides is 1. The van der Waals surface area contributed by atoms with E-state index in [1.54, 1.807) is 18.0 Å². The zero-order chi connectivity index (χ0) is 11.7. The van der Waals surface area contributed by atoms with E-state index in [9.17, 15) is 4.79 Å². The van der Waals surface area contributed by atoms with Gasteiger partial charge in [0.05, 0.1) is 12.1 Å². The highest BCUT2D eigenvalue weighted by Gasteiger charge is 2.23. The standard InChI is InChI=1S/C10H12BNO4/c1-12-4-5-16-9-3-2-7(11(14)15)6-8(9)10(12)13/h2-3,6,14-15H,4-5H2,1H3. The monoisotopic (exact) mass is 221 g/mol. The predicted molar refractivity (Wildman–Crippen MR) is 58.7 cm³/mol. The molecule has 1 aliphatic rings. The molecular formula is C10H12BNO4. The van der Waals surface area contributed by atoms with E-state index in [0.29, 0.717) is 24.5 Å². The predicted octanol–water partition coefficient (Wildman–Crippen LogP) is -1.17. The van der Waals surface area contributed by atoms with Crippen molar-refractivity contribution in [3.63, 3.8) is 0 Å². The minimum atomic E-state index is -1.58. The molecule has 2 rings (SSSR count). The molecule has 0 radical (unpaired) electrons. The van der Waals surface area contributed by atoms with Crippen molar-refractivity contribution in [2.45, 2.75) is 0 Å². The van der Waals surface area contributed by atoms with E-state index in [-0.39, 0.29) is 11.4 Å². The van der Waals surface area contributed by atoms with Gasteiger partial charge in [-0.05, 0) is 17.6 Å². The first kappa shape index (κ1) is 11.0. The first-order valence-corrected chi connectivity index (χ1v) is 4.98. The first-order valence-electron chi connectivity index (χ1n) is 4.98. The van der Waals surface area contributed by atoms with E-state index >= 15 is 0 Å². The summed E-state index contributed by atoms with van der Waals surface area (Å²) in [5, 5.41) is 18.1. The first-order chi connectivity index (χ1) is 7.59. The molecule has 0 atom stereocenters. The Morgan fingerprint density at radius 1 is 1.44 bits per heavy atom. The van der Waals surface area contributed by atoms with Gasteiger partial charge in [-0.25, -0.2) is 0 Å². The van der Waals surface area contributed by atoms with Crippen LogP contribution in [0.25, 0.3) is 0 Å². The van der Waals surface area contributed by atoms with Gasteiger partial charge in [0.25, 0.3) is 5.91 Å². The molecule has 1 aliphatic heterocycles. The van der Waals surface area contributed by atoms with Crippen LogP contribution < -0.4 is 10.2 Å². The third kappa shape index (κ3) is 1.89. The number of fused-ring (bicyclic) bond motifs is 1. The molecule has 1 aromatic carbocycles. The van der Waals surface area contributed by atoms with Crippen LogP contribution in [0.4, 0.5) is 0 Å². The molecule has 1 heterocycles. The average molecular weight is 221 g/mol. The fourth-order valence-electron chi connectivity index (χ4n) is 1.60. The molecule has 0 aromatic heterocycles. The van der Waals surface area contributed by atoms with Crippen molar-refractivity contribution >= 4 is 18.5 Å². The van der Waals surface area contributed by atoms with Gasteiger partial charge in [0.15, 0.2) is 0 Å². The average Bonchev–Trinajstić information content (AvgIpc) is 2.40. The van der Waals surface area contributed by atoms with Gasteiger partial charge in [0.1, 0.15) is 12.4 Å². The smallest absolute Gasteiger partial charge is 0.488 e. The van der Waals surface area contributed by atoms with Crippen molar-refractivity contribution in [1.29, 1.82) is 0 Å². The Hall–Kier alpha value is -1.53. The molecule has 0 unspecified atom stereocenters. The molecule has 84 valence electrons. The number of ether oxygens (including phenoxy) is 1. The Kier molecular flexibility index (Phi) is 2.85. The number of carbonyl (C=O) groups excluding carboxylic acids is 1. The molecule has 0 saturated carbocycles. The summed E-state index contributed by atoms with van der Waals surface area (Å²) in [5.41, 5.74) is 0.650. The van der Waals surface area contributed by atoms with Crippen LogP contribution in [0.1, 0.15) is 10.4 Å². The molecule has 1 amide bonds. The van der Waals surface area contributed by atoms with Crippen LogP contribution >= 0.6 is 0 Å². The van der Waals surface area contributed by atoms with Crippen LogP contribution in [0.2, 0.25) is 0 Å². The van der Waals surface area contributed by atoms with Crippen LogP contribution in [0.3, 0.4) is 0 Å². The van der Waals surface area contributed by atoms with E-state index in [1.807, 2.05) is 0 Å². The summed E-state index contributed by atoms with van der Waals surface area (Å²) >= 11 is 0. The molecule has 5 nitrogen and oxygen atoms in total. The summed E-state index contributed by atoms with van der Waals surface area (Å²) in [6.45, 7) is 0.959. The number of hydrogen-bond donors (Lipinski definition) is 2. The lowest BCUT2D eigenvalue weighted by Crippen LogP contribution is -2.32. The highest BCUT2D eigenvalue weighted by molar-refractivity contribution is 6.58. The number of likely N-dealkylation sites (N-methyl/N-ethyl adjacent to an activating group) is 1. The minimum absolute atomic E-state index is 0.171. The Labute approximate surface area is 93.4 Å². The maximum absolute atomic E-state index is 11.9. The van der Waals surface area contributed by atoms with Crippen molar-refractivity contribution in [2.75, 3.05) is 20.2 Å². The highest BCUT2D eigenvalue weighted by Crippen LogP contribution is 2.21. The molecule has 1 aromatic rings. The Morgan fingerprint density at radius 2 is 2.19 bits per heavy atom. The highest BCUT2D eigenvalue weighted by atomic mass is 16.5. The fourth-order valence-corrected chi connectivity index (χ4v) is 1.60. The quantitative estimate of drug-likeness (QED) is 0.586. The molecule has 2 N–H and O–H groups in total. The lowest BCUT2D eigenvalue weighted by atomic mass is 9.79. The third-order valence-electron chi connectivity index (χ3n) is 2.56. The van der Waals surface area contributed by atoms with Gasteiger partial charge in [0, 0.05) is 7.05 Å². The summed E-state index contributed by atoms with van der Waals surface area (Å²) in [4.78, 5) is 13.4. The van der Waals surface area contributed by atoms with Crippen molar-refractivity contribution in [1.82, 2.24) is 4.90 Å². The molecule has 0 fully saturated rings.